The number of rotatable bonds is 17. The highest BCUT2D eigenvalue weighted by Gasteiger charge is 2.64. The van der Waals surface area contributed by atoms with Crippen LogP contribution in [0.2, 0.25) is 0 Å². The molecule has 0 radical (unpaired) electrons. The highest BCUT2D eigenvalue weighted by atomic mass is 16.7. The minimum atomic E-state index is -2.73. The second kappa shape index (κ2) is 22.0. The number of esters is 2. The van der Waals surface area contributed by atoms with E-state index in [1.54, 1.807) is 26.8 Å². The van der Waals surface area contributed by atoms with Crippen molar-refractivity contribution in [2.45, 2.75) is 151 Å². The van der Waals surface area contributed by atoms with E-state index in [4.69, 9.17) is 50.7 Å². The minimum absolute atomic E-state index is 0.0285. The van der Waals surface area contributed by atoms with Gasteiger partial charge in [0.05, 0.1) is 35.1 Å². The van der Waals surface area contributed by atoms with Crippen molar-refractivity contribution in [3.8, 4) is 0 Å². The van der Waals surface area contributed by atoms with Crippen LogP contribution in [0.5, 0.6) is 0 Å². The van der Waals surface area contributed by atoms with Gasteiger partial charge < -0.3 is 54.9 Å². The molecule has 0 heterocycles. The molecule has 22 nitrogen and oxygen atoms in total. The van der Waals surface area contributed by atoms with Gasteiger partial charge in [-0.3, -0.25) is 25.7 Å². The zero-order chi connectivity index (χ0) is 54.3. The van der Waals surface area contributed by atoms with Gasteiger partial charge in [-0.05, 0) is 92.2 Å². The minimum Gasteiger partial charge on any atom is -0.481 e. The van der Waals surface area contributed by atoms with Crippen molar-refractivity contribution < 1.29 is 72.2 Å². The van der Waals surface area contributed by atoms with Gasteiger partial charge in [0.2, 0.25) is 17.6 Å². The van der Waals surface area contributed by atoms with Gasteiger partial charge in [-0.2, -0.15) is 0 Å². The molecule has 0 aliphatic heterocycles. The van der Waals surface area contributed by atoms with E-state index in [0.717, 1.165) is 19.1 Å². The number of benzene rings is 2. The van der Waals surface area contributed by atoms with Gasteiger partial charge in [0.15, 0.2) is 6.29 Å². The smallest absolute Gasteiger partial charge is 0.421 e. The van der Waals surface area contributed by atoms with E-state index in [1.165, 1.54) is 113 Å². The summed E-state index contributed by atoms with van der Waals surface area (Å²) < 4.78 is 34.8. The molecule has 70 heavy (non-hydrogen) atoms. The molecule has 9 N–H and O–H groups in total. The molecule has 2 amide bonds. The number of para-hydroxylation sites is 1. The number of aldehydes is 1. The molecular weight excluding hydrogens is 915 g/mol. The highest BCUT2D eigenvalue weighted by molar-refractivity contribution is 6.22. The fourth-order valence-electron chi connectivity index (χ4n) is 7.23. The van der Waals surface area contributed by atoms with E-state index in [1.807, 2.05) is 0 Å². The maximum absolute atomic E-state index is 15.0. The number of carbonyl (C=O) groups excluding carboxylic acids is 5. The van der Waals surface area contributed by atoms with Crippen molar-refractivity contribution in [2.75, 3.05) is 16.4 Å². The van der Waals surface area contributed by atoms with Crippen molar-refractivity contribution in [3.05, 3.63) is 59.7 Å². The van der Waals surface area contributed by atoms with Crippen molar-refractivity contribution in [1.82, 2.24) is 5.32 Å². The SMILES string of the molecule is CC(C)(C)OC(=O)N(C(=N)N)c1cccc(C(=O)OC(OC(=O)C(C)(NC(C(=O)O)(C(C(=O)O)C(C)(C)C)C(C)(C)C)OCC(C=O)OC(C)(C)C)c2ccccc2)c1N(C(=N)N)C(=O)OC(C)(C)C. The average molecular weight is 986 g/mol. The number of aliphatic carboxylic acids is 2. The predicted octanol–water partition coefficient (Wildman–Crippen LogP) is 6.68. The van der Waals surface area contributed by atoms with E-state index >= 15 is 4.79 Å². The Morgan fingerprint density at radius 1 is 0.700 bits per heavy atom. The zero-order valence-electron chi connectivity index (χ0n) is 42.9. The Kier molecular flexibility index (Phi) is 18.7. The van der Waals surface area contributed by atoms with Gasteiger partial charge in [-0.15, -0.1) is 0 Å². The van der Waals surface area contributed by atoms with Crippen molar-refractivity contribution >= 4 is 65.6 Å². The first kappa shape index (κ1) is 59.5. The van der Waals surface area contributed by atoms with Crippen LogP contribution in [-0.2, 0) is 47.6 Å². The number of guanidine groups is 2. The molecule has 2 aromatic rings. The topological polar surface area (TPSA) is 334 Å². The first-order valence-electron chi connectivity index (χ1n) is 22.0. The number of nitrogens with one attached hydrogen (secondary N) is 3. The van der Waals surface area contributed by atoms with Crippen LogP contribution in [0, 0.1) is 27.6 Å². The van der Waals surface area contributed by atoms with Gasteiger partial charge in [0.25, 0.3) is 6.29 Å². The number of carboxylic acids is 2. The van der Waals surface area contributed by atoms with Crippen LogP contribution in [0.1, 0.15) is 133 Å². The number of hydrogen-bond acceptors (Lipinski definition) is 16. The van der Waals surface area contributed by atoms with Gasteiger partial charge in [-0.1, -0.05) is 77.9 Å². The van der Waals surface area contributed by atoms with Gasteiger partial charge in [-0.25, -0.2) is 29.0 Å². The summed E-state index contributed by atoms with van der Waals surface area (Å²) in [6.07, 6.45) is -5.68. The molecule has 388 valence electrons. The Balaban J connectivity index is 3.10. The number of carbonyl (C=O) groups is 7. The molecule has 2 aromatic carbocycles. The number of hydrogen-bond donors (Lipinski definition) is 7. The third-order valence-electron chi connectivity index (χ3n) is 9.92. The summed E-state index contributed by atoms with van der Waals surface area (Å²) >= 11 is 0. The third kappa shape index (κ3) is 15.2. The number of anilines is 2. The number of nitrogens with zero attached hydrogens (tertiary/aromatic N) is 2. The Morgan fingerprint density at radius 2 is 1.20 bits per heavy atom. The van der Waals surface area contributed by atoms with Gasteiger partial charge in [0.1, 0.15) is 22.8 Å². The number of nitrogens with two attached hydrogens (primary N) is 2. The molecule has 0 saturated heterocycles. The quantitative estimate of drug-likeness (QED) is 0.0217. The molecule has 0 aliphatic carbocycles. The molecule has 0 aromatic heterocycles. The summed E-state index contributed by atoms with van der Waals surface area (Å²) in [7, 11) is 0. The third-order valence-corrected chi connectivity index (χ3v) is 9.92. The van der Waals surface area contributed by atoms with E-state index in [-0.39, 0.29) is 5.56 Å². The lowest BCUT2D eigenvalue weighted by atomic mass is 9.58. The van der Waals surface area contributed by atoms with Crippen LogP contribution in [0.3, 0.4) is 0 Å². The number of ether oxygens (including phenoxy) is 6. The molecule has 0 bridgehead atoms. The van der Waals surface area contributed by atoms with Crippen LogP contribution in [0.15, 0.2) is 48.5 Å². The summed E-state index contributed by atoms with van der Waals surface area (Å²) in [5.74, 6) is -10.00. The van der Waals surface area contributed by atoms with Crippen LogP contribution in [0.25, 0.3) is 0 Å². The fourth-order valence-corrected chi connectivity index (χ4v) is 7.23. The largest absolute Gasteiger partial charge is 0.481 e. The summed E-state index contributed by atoms with van der Waals surface area (Å²) in [5.41, 5.74) is -1.47. The first-order valence-corrected chi connectivity index (χ1v) is 22.0. The van der Waals surface area contributed by atoms with E-state index < -0.39 is 129 Å². The van der Waals surface area contributed by atoms with Gasteiger partial charge in [0, 0.05) is 5.56 Å². The maximum atomic E-state index is 15.0. The van der Waals surface area contributed by atoms with Crippen molar-refractivity contribution in [3.63, 3.8) is 0 Å². The van der Waals surface area contributed by atoms with E-state index in [0.29, 0.717) is 16.1 Å². The lowest BCUT2D eigenvalue weighted by Gasteiger charge is -2.52. The molecule has 0 saturated carbocycles. The van der Waals surface area contributed by atoms with Crippen LogP contribution in [-0.4, -0.2) is 105 Å². The van der Waals surface area contributed by atoms with E-state index in [2.05, 4.69) is 5.32 Å². The molecule has 0 spiro atoms. The van der Waals surface area contributed by atoms with E-state index in [9.17, 15) is 39.0 Å². The summed E-state index contributed by atoms with van der Waals surface area (Å²) in [6, 6.07) is 10.8. The standard InChI is InChI=1S/C48H71N7O15/c1-42(2,3)32(33(57)58)48(36(60)61,43(4,5)6)53-47(16,65-26-28(25-56)68-44(7,8)9)37(62)67-35(27-21-18-17-19-22-27)66-34(59)29-23-20-24-30(54(38(49)50)40(63)69-45(10,11)12)31(29)55(39(51)52)41(64)70-46(13,14)15/h17-25,28,32,35,53H,26H2,1-16H3,(H3,49,50)(H3,51,52)(H,57,58)(H,60,61). The van der Waals surface area contributed by atoms with Crippen LogP contribution >= 0.6 is 0 Å². The average Bonchev–Trinajstić information content (AvgIpc) is 3.16. The summed E-state index contributed by atoms with van der Waals surface area (Å²) in [4.78, 5) is 97.7. The predicted molar refractivity (Wildman–Crippen MR) is 257 cm³/mol. The van der Waals surface area contributed by atoms with Gasteiger partial charge >= 0.3 is 36.1 Å². The van der Waals surface area contributed by atoms with Crippen molar-refractivity contribution in [1.29, 1.82) is 10.8 Å². The molecule has 5 atom stereocenters. The van der Waals surface area contributed by atoms with Crippen LogP contribution in [0.4, 0.5) is 21.0 Å². The molecule has 0 fully saturated rings. The highest BCUT2D eigenvalue weighted by Crippen LogP contribution is 2.47. The molecule has 22 heteroatoms. The summed E-state index contributed by atoms with van der Waals surface area (Å²) in [5, 5.41) is 41.5. The molecule has 2 rings (SSSR count). The first-order chi connectivity index (χ1) is 31.6. The monoisotopic (exact) mass is 986 g/mol. The Labute approximate surface area is 408 Å². The second-order valence-electron chi connectivity index (χ2n) is 21.5. The Bertz CT molecular complexity index is 2290. The Morgan fingerprint density at radius 3 is 1.60 bits per heavy atom. The summed E-state index contributed by atoms with van der Waals surface area (Å²) in [6.45, 7) is 23.1. The fraction of sp³-hybridized carbons (Fsp3) is 0.562. The normalized spacial score (nSPS) is 15.3. The molecule has 0 aliphatic rings. The lowest BCUT2D eigenvalue weighted by Crippen LogP contribution is -2.75. The maximum Gasteiger partial charge on any atom is 0.421 e. The van der Waals surface area contributed by atoms with Crippen LogP contribution < -0.4 is 26.6 Å². The number of carboxylic acid groups (broad SMARTS) is 2. The lowest BCUT2D eigenvalue weighted by molar-refractivity contribution is -0.216. The molecule has 5 unspecified atom stereocenters. The zero-order valence-corrected chi connectivity index (χ0v) is 42.9. The van der Waals surface area contributed by atoms with Crippen molar-refractivity contribution in [2.24, 2.45) is 28.2 Å². The molecular formula is C48H71N7O15. The number of amides is 2. The Hall–Kier alpha value is -6.65. The second-order valence-corrected chi connectivity index (χ2v) is 21.5.